The predicted octanol–water partition coefficient (Wildman–Crippen LogP) is 5.07. The molecule has 7 nitrogen and oxygen atoms in total. The van der Waals surface area contributed by atoms with Gasteiger partial charge >= 0.3 is 7.60 Å². The van der Waals surface area contributed by atoms with Crippen LogP contribution in [0.2, 0.25) is 0 Å². The molecular weight excluding hydrogens is 444 g/mol. The van der Waals surface area contributed by atoms with Crippen molar-refractivity contribution in [1.82, 2.24) is 9.78 Å². The molecule has 0 aliphatic carbocycles. The van der Waals surface area contributed by atoms with Gasteiger partial charge in [-0.1, -0.05) is 32.0 Å². The molecule has 0 radical (unpaired) electrons. The van der Waals surface area contributed by atoms with Crippen LogP contribution in [0.3, 0.4) is 0 Å². The number of rotatable bonds is 8. The number of carbonyl (C=O) groups excluding carboxylic acids is 1. The molecule has 0 spiro atoms. The van der Waals surface area contributed by atoms with Gasteiger partial charge in [0.2, 0.25) is 5.91 Å². The summed E-state index contributed by atoms with van der Waals surface area (Å²) in [7, 11) is -2.76. The first kappa shape index (κ1) is 24.6. The Labute approximate surface area is 192 Å². The highest BCUT2D eigenvalue weighted by atomic mass is 31.2. The monoisotopic (exact) mass is 471 g/mol. The zero-order valence-corrected chi connectivity index (χ0v) is 19.6. The van der Waals surface area contributed by atoms with E-state index in [9.17, 15) is 23.5 Å². The SMILES string of the molecule is CCC(CC)(c1ccccc1NC(=O)C=Cc1cnn(C)c1-c1ccc(F)cc1)P(=O)(O)O. The summed E-state index contributed by atoms with van der Waals surface area (Å²) in [5.41, 5.74) is 2.89. The van der Waals surface area contributed by atoms with E-state index in [0.717, 1.165) is 11.3 Å². The Morgan fingerprint density at radius 1 is 1.15 bits per heavy atom. The van der Waals surface area contributed by atoms with Gasteiger partial charge in [0.15, 0.2) is 0 Å². The van der Waals surface area contributed by atoms with Gasteiger partial charge in [-0.05, 0) is 54.8 Å². The van der Waals surface area contributed by atoms with Crippen LogP contribution in [0.25, 0.3) is 17.3 Å². The van der Waals surface area contributed by atoms with Gasteiger partial charge in [0, 0.05) is 29.9 Å². The van der Waals surface area contributed by atoms with Crippen LogP contribution in [0.5, 0.6) is 0 Å². The number of hydrogen-bond acceptors (Lipinski definition) is 3. The first-order valence-electron chi connectivity index (χ1n) is 10.5. The van der Waals surface area contributed by atoms with E-state index >= 15 is 0 Å². The molecule has 1 heterocycles. The van der Waals surface area contributed by atoms with Crippen molar-refractivity contribution in [2.75, 3.05) is 5.32 Å². The number of nitrogens with zero attached hydrogens (tertiary/aromatic N) is 2. The van der Waals surface area contributed by atoms with Crippen molar-refractivity contribution in [3.8, 4) is 11.3 Å². The molecule has 3 N–H and O–H groups in total. The number of nitrogens with one attached hydrogen (secondary N) is 1. The van der Waals surface area contributed by atoms with Gasteiger partial charge in [0.1, 0.15) is 5.82 Å². The molecule has 0 atom stereocenters. The zero-order chi connectivity index (χ0) is 24.2. The molecule has 0 bridgehead atoms. The van der Waals surface area contributed by atoms with Crippen molar-refractivity contribution in [1.29, 1.82) is 0 Å². The highest BCUT2D eigenvalue weighted by molar-refractivity contribution is 7.53. The summed E-state index contributed by atoms with van der Waals surface area (Å²) < 4.78 is 27.3. The third-order valence-corrected chi connectivity index (χ3v) is 7.90. The molecule has 174 valence electrons. The molecule has 1 aromatic heterocycles. The van der Waals surface area contributed by atoms with Crippen LogP contribution in [0.4, 0.5) is 10.1 Å². The van der Waals surface area contributed by atoms with Gasteiger partial charge in [-0.15, -0.1) is 0 Å². The Hall–Kier alpha value is -3.06. The standard InChI is InChI=1S/C24H27FN3O4P/c1-4-24(5-2,33(30,31)32)20-8-6-7-9-21(20)27-22(29)15-12-18-16-26-28(3)23(18)17-10-13-19(25)14-11-17/h6-16H,4-5H2,1-3H3,(H,27,29)(H2,30,31,32). The lowest BCUT2D eigenvalue weighted by Gasteiger charge is -2.34. The normalized spacial score (nSPS) is 12.3. The summed E-state index contributed by atoms with van der Waals surface area (Å²) in [5.74, 6) is -0.801. The summed E-state index contributed by atoms with van der Waals surface area (Å²) >= 11 is 0. The van der Waals surface area contributed by atoms with Crippen LogP contribution >= 0.6 is 7.60 Å². The lowest BCUT2D eigenvalue weighted by molar-refractivity contribution is -0.111. The van der Waals surface area contributed by atoms with Crippen LogP contribution in [-0.4, -0.2) is 25.5 Å². The van der Waals surface area contributed by atoms with E-state index in [0.29, 0.717) is 16.8 Å². The smallest absolute Gasteiger partial charge is 0.324 e. The summed E-state index contributed by atoms with van der Waals surface area (Å²) in [6, 6.07) is 12.6. The molecule has 0 unspecified atom stereocenters. The Kier molecular flexibility index (Phi) is 7.32. The highest BCUT2D eigenvalue weighted by Gasteiger charge is 2.46. The zero-order valence-electron chi connectivity index (χ0n) is 18.7. The number of aromatic nitrogens is 2. The van der Waals surface area contributed by atoms with E-state index in [1.54, 1.807) is 74.2 Å². The fraction of sp³-hybridized carbons (Fsp3) is 0.250. The topological polar surface area (TPSA) is 104 Å². The van der Waals surface area contributed by atoms with E-state index in [-0.39, 0.29) is 18.7 Å². The van der Waals surface area contributed by atoms with Crippen molar-refractivity contribution in [2.24, 2.45) is 7.05 Å². The second-order valence-corrected chi connectivity index (χ2v) is 9.67. The van der Waals surface area contributed by atoms with Gasteiger partial charge in [0.25, 0.3) is 0 Å². The van der Waals surface area contributed by atoms with E-state index in [1.165, 1.54) is 18.2 Å². The first-order chi connectivity index (χ1) is 15.6. The average Bonchev–Trinajstić information content (AvgIpc) is 3.14. The fourth-order valence-electron chi connectivity index (χ4n) is 4.08. The Morgan fingerprint density at radius 3 is 2.39 bits per heavy atom. The minimum Gasteiger partial charge on any atom is -0.324 e. The Morgan fingerprint density at radius 2 is 1.79 bits per heavy atom. The molecule has 1 amide bonds. The fourth-order valence-corrected chi connectivity index (χ4v) is 5.41. The number of carbonyl (C=O) groups is 1. The minimum atomic E-state index is -4.51. The third-order valence-electron chi connectivity index (χ3n) is 5.91. The van der Waals surface area contributed by atoms with Crippen molar-refractivity contribution >= 4 is 25.3 Å². The predicted molar refractivity (Wildman–Crippen MR) is 127 cm³/mol. The summed E-state index contributed by atoms with van der Waals surface area (Å²) in [5, 5.41) is 5.59. The molecule has 3 rings (SSSR count). The van der Waals surface area contributed by atoms with Crippen LogP contribution < -0.4 is 5.32 Å². The molecule has 0 aliphatic rings. The Balaban J connectivity index is 1.90. The lowest BCUT2D eigenvalue weighted by atomic mass is 9.91. The van der Waals surface area contributed by atoms with E-state index in [2.05, 4.69) is 10.4 Å². The molecule has 33 heavy (non-hydrogen) atoms. The van der Waals surface area contributed by atoms with Crippen molar-refractivity contribution in [3.63, 3.8) is 0 Å². The van der Waals surface area contributed by atoms with E-state index < -0.39 is 18.7 Å². The maximum absolute atomic E-state index is 13.3. The molecule has 0 aliphatic heterocycles. The maximum Gasteiger partial charge on any atom is 0.336 e. The first-order valence-corrected chi connectivity index (χ1v) is 12.2. The molecule has 0 saturated carbocycles. The van der Waals surface area contributed by atoms with Crippen LogP contribution in [0.15, 0.2) is 60.8 Å². The number of halogens is 1. The quantitative estimate of drug-likeness (QED) is 0.314. The van der Waals surface area contributed by atoms with Gasteiger partial charge in [-0.3, -0.25) is 14.0 Å². The molecule has 2 aromatic carbocycles. The second kappa shape index (κ2) is 9.83. The highest BCUT2D eigenvalue weighted by Crippen LogP contribution is 2.62. The lowest BCUT2D eigenvalue weighted by Crippen LogP contribution is -2.26. The van der Waals surface area contributed by atoms with Crippen molar-refractivity contribution < 1.29 is 23.5 Å². The number of aryl methyl sites for hydroxylation is 1. The third kappa shape index (κ3) is 4.98. The number of hydrogen-bond donors (Lipinski definition) is 3. The van der Waals surface area contributed by atoms with Crippen LogP contribution in [-0.2, 0) is 21.6 Å². The number of para-hydroxylation sites is 1. The summed E-state index contributed by atoms with van der Waals surface area (Å²) in [6.45, 7) is 3.45. The van der Waals surface area contributed by atoms with Crippen LogP contribution in [0.1, 0.15) is 37.8 Å². The largest absolute Gasteiger partial charge is 0.336 e. The van der Waals surface area contributed by atoms with Gasteiger partial charge < -0.3 is 15.1 Å². The van der Waals surface area contributed by atoms with Crippen molar-refractivity contribution in [2.45, 2.75) is 31.8 Å². The minimum absolute atomic E-state index is 0.215. The van der Waals surface area contributed by atoms with Gasteiger partial charge in [-0.2, -0.15) is 5.10 Å². The van der Waals surface area contributed by atoms with Crippen LogP contribution in [0, 0.1) is 5.82 Å². The second-order valence-electron chi connectivity index (χ2n) is 7.73. The molecule has 0 saturated heterocycles. The average molecular weight is 471 g/mol. The van der Waals surface area contributed by atoms with Gasteiger partial charge in [0.05, 0.1) is 17.0 Å². The number of anilines is 1. The molecular formula is C24H27FN3O4P. The van der Waals surface area contributed by atoms with E-state index in [4.69, 9.17) is 0 Å². The summed E-state index contributed by atoms with van der Waals surface area (Å²) in [4.78, 5) is 32.9. The summed E-state index contributed by atoms with van der Waals surface area (Å²) in [6.07, 6.45) is 4.96. The number of amides is 1. The Bertz CT molecular complexity index is 1210. The number of benzene rings is 2. The molecule has 9 heteroatoms. The molecule has 0 fully saturated rings. The van der Waals surface area contributed by atoms with Crippen molar-refractivity contribution in [3.05, 3.63) is 77.7 Å². The molecule has 3 aromatic rings. The maximum atomic E-state index is 13.3. The van der Waals surface area contributed by atoms with Gasteiger partial charge in [-0.25, -0.2) is 4.39 Å². The van der Waals surface area contributed by atoms with E-state index in [1.807, 2.05) is 0 Å².